The van der Waals surface area contributed by atoms with Gasteiger partial charge >= 0.3 is 6.09 Å². The molecule has 1 amide bonds. The molecule has 0 aromatic heterocycles. The normalized spacial score (nSPS) is 23.8. The van der Waals surface area contributed by atoms with Crippen molar-refractivity contribution in [1.29, 1.82) is 0 Å². The summed E-state index contributed by atoms with van der Waals surface area (Å²) < 4.78 is 10.1. The number of carbonyl (C=O) groups excluding carboxylic acids is 1. The van der Waals surface area contributed by atoms with Crippen molar-refractivity contribution in [2.75, 3.05) is 13.7 Å². The van der Waals surface area contributed by atoms with Gasteiger partial charge in [-0.3, -0.25) is 0 Å². The lowest BCUT2D eigenvalue weighted by Gasteiger charge is -2.25. The van der Waals surface area contributed by atoms with Crippen LogP contribution in [0.25, 0.3) is 0 Å². The monoisotopic (exact) mass is 221 g/mol. The Kier molecular flexibility index (Phi) is 2.73. The summed E-state index contributed by atoms with van der Waals surface area (Å²) in [6.45, 7) is 2.41. The number of nitrogens with one attached hydrogen (secondary N) is 1. The molecule has 1 unspecified atom stereocenters. The molecule has 1 aliphatic rings. The Bertz CT molecular complexity index is 388. The van der Waals surface area contributed by atoms with Crippen LogP contribution >= 0.6 is 0 Å². The summed E-state index contributed by atoms with van der Waals surface area (Å²) in [4.78, 5) is 11.2. The first-order chi connectivity index (χ1) is 7.70. The van der Waals surface area contributed by atoms with E-state index in [4.69, 9.17) is 9.47 Å². The molecule has 2 rings (SSSR count). The number of hydrogen-bond acceptors (Lipinski definition) is 3. The van der Waals surface area contributed by atoms with Gasteiger partial charge in [0.25, 0.3) is 0 Å². The van der Waals surface area contributed by atoms with Crippen LogP contribution in [0.5, 0.6) is 5.75 Å². The van der Waals surface area contributed by atoms with Crippen LogP contribution in [0.2, 0.25) is 0 Å². The molecule has 0 saturated carbocycles. The second-order valence-corrected chi connectivity index (χ2v) is 3.87. The molecular weight excluding hydrogens is 206 g/mol. The molecule has 1 aromatic rings. The highest BCUT2D eigenvalue weighted by atomic mass is 16.6. The molecule has 0 spiro atoms. The molecule has 1 aromatic carbocycles. The van der Waals surface area contributed by atoms with E-state index in [1.807, 2.05) is 31.2 Å². The number of cyclic esters (lactones) is 1. The highest BCUT2D eigenvalue weighted by Crippen LogP contribution is 2.30. The van der Waals surface area contributed by atoms with Gasteiger partial charge in [0.05, 0.1) is 7.11 Å². The van der Waals surface area contributed by atoms with E-state index in [0.29, 0.717) is 6.61 Å². The maximum Gasteiger partial charge on any atom is 0.408 e. The number of alkyl carbamates (subject to hydrolysis) is 1. The lowest BCUT2D eigenvalue weighted by atomic mass is 9.89. The Morgan fingerprint density at radius 1 is 1.44 bits per heavy atom. The topological polar surface area (TPSA) is 47.6 Å². The predicted molar refractivity (Wildman–Crippen MR) is 59.4 cm³/mol. The van der Waals surface area contributed by atoms with E-state index in [0.717, 1.165) is 17.7 Å². The van der Waals surface area contributed by atoms with E-state index in [-0.39, 0.29) is 11.6 Å². The summed E-state index contributed by atoms with van der Waals surface area (Å²) in [5, 5.41) is 2.87. The van der Waals surface area contributed by atoms with Crippen LogP contribution in [0.4, 0.5) is 4.79 Å². The zero-order valence-corrected chi connectivity index (χ0v) is 9.45. The second kappa shape index (κ2) is 4.04. The van der Waals surface area contributed by atoms with Crippen molar-refractivity contribution in [3.05, 3.63) is 29.8 Å². The van der Waals surface area contributed by atoms with Gasteiger partial charge in [0.1, 0.15) is 17.9 Å². The molecule has 86 valence electrons. The number of hydrogen-bond donors (Lipinski definition) is 1. The minimum absolute atomic E-state index is 0.349. The average molecular weight is 221 g/mol. The number of methoxy groups -OCH3 is 1. The molecule has 1 aliphatic heterocycles. The molecule has 4 nitrogen and oxygen atoms in total. The van der Waals surface area contributed by atoms with Gasteiger partial charge in [-0.15, -0.1) is 0 Å². The molecule has 1 saturated heterocycles. The van der Waals surface area contributed by atoms with Gasteiger partial charge in [-0.25, -0.2) is 4.79 Å². The maximum absolute atomic E-state index is 11.2. The molecule has 1 fully saturated rings. The minimum atomic E-state index is -0.386. The van der Waals surface area contributed by atoms with Crippen molar-refractivity contribution in [2.45, 2.75) is 18.9 Å². The van der Waals surface area contributed by atoms with E-state index in [2.05, 4.69) is 5.32 Å². The third-order valence-electron chi connectivity index (χ3n) is 3.04. The van der Waals surface area contributed by atoms with E-state index >= 15 is 0 Å². The van der Waals surface area contributed by atoms with Crippen molar-refractivity contribution < 1.29 is 14.3 Å². The Hall–Kier alpha value is -1.71. The Morgan fingerprint density at radius 2 is 2.12 bits per heavy atom. The third kappa shape index (κ3) is 1.71. The average Bonchev–Trinajstić information content (AvgIpc) is 2.72. The molecule has 0 radical (unpaired) electrons. The summed E-state index contributed by atoms with van der Waals surface area (Å²) in [6.07, 6.45) is 0.447. The largest absolute Gasteiger partial charge is 0.497 e. The summed E-state index contributed by atoms with van der Waals surface area (Å²) >= 11 is 0. The smallest absolute Gasteiger partial charge is 0.408 e. The van der Waals surface area contributed by atoms with Gasteiger partial charge in [0.2, 0.25) is 0 Å². The van der Waals surface area contributed by atoms with E-state index in [1.165, 1.54) is 0 Å². The molecule has 0 bridgehead atoms. The van der Waals surface area contributed by atoms with Crippen LogP contribution in [0.3, 0.4) is 0 Å². The molecule has 4 heteroatoms. The molecule has 0 aliphatic carbocycles. The lowest BCUT2D eigenvalue weighted by molar-refractivity contribution is 0.171. The first-order valence-corrected chi connectivity index (χ1v) is 5.29. The SMILES string of the molecule is CCC1(c2ccc(OC)cc2)COC(=O)N1. The van der Waals surface area contributed by atoms with Gasteiger partial charge in [0, 0.05) is 0 Å². The van der Waals surface area contributed by atoms with E-state index in [9.17, 15) is 4.79 Å². The molecular formula is C12H15NO3. The second-order valence-electron chi connectivity index (χ2n) is 3.87. The summed E-state index contributed by atoms with van der Waals surface area (Å²) in [5.74, 6) is 0.806. The summed E-state index contributed by atoms with van der Waals surface area (Å²) in [7, 11) is 1.63. The third-order valence-corrected chi connectivity index (χ3v) is 3.04. The van der Waals surface area contributed by atoms with Crippen molar-refractivity contribution in [3.63, 3.8) is 0 Å². The number of carbonyl (C=O) groups is 1. The zero-order valence-electron chi connectivity index (χ0n) is 9.45. The zero-order chi connectivity index (χ0) is 11.6. The standard InChI is InChI=1S/C12H15NO3/c1-3-12(8-16-11(14)13-12)9-4-6-10(15-2)7-5-9/h4-7H,3,8H2,1-2H3,(H,13,14). The van der Waals surface area contributed by atoms with Crippen molar-refractivity contribution in [2.24, 2.45) is 0 Å². The van der Waals surface area contributed by atoms with Gasteiger partial charge < -0.3 is 14.8 Å². The fourth-order valence-electron chi connectivity index (χ4n) is 1.92. The van der Waals surface area contributed by atoms with Crippen molar-refractivity contribution in [3.8, 4) is 5.75 Å². The summed E-state index contributed by atoms with van der Waals surface area (Å²) in [6, 6.07) is 7.68. The van der Waals surface area contributed by atoms with Gasteiger partial charge in [-0.1, -0.05) is 19.1 Å². The van der Waals surface area contributed by atoms with Crippen molar-refractivity contribution in [1.82, 2.24) is 5.32 Å². The number of amides is 1. The van der Waals surface area contributed by atoms with Gasteiger partial charge in [-0.2, -0.15) is 0 Å². The minimum Gasteiger partial charge on any atom is -0.497 e. The Balaban J connectivity index is 2.30. The Morgan fingerprint density at radius 3 is 2.56 bits per heavy atom. The Labute approximate surface area is 94.6 Å². The number of ether oxygens (including phenoxy) is 2. The van der Waals surface area contributed by atoms with Crippen LogP contribution in [-0.2, 0) is 10.3 Å². The molecule has 1 N–H and O–H groups in total. The molecule has 1 atom stereocenters. The van der Waals surface area contributed by atoms with Crippen LogP contribution in [0.1, 0.15) is 18.9 Å². The quantitative estimate of drug-likeness (QED) is 0.849. The number of benzene rings is 1. The number of rotatable bonds is 3. The summed E-state index contributed by atoms with van der Waals surface area (Å²) in [5.41, 5.74) is 0.658. The van der Waals surface area contributed by atoms with Crippen LogP contribution in [0.15, 0.2) is 24.3 Å². The highest BCUT2D eigenvalue weighted by Gasteiger charge is 2.39. The predicted octanol–water partition coefficient (Wildman–Crippen LogP) is 2.04. The molecule has 16 heavy (non-hydrogen) atoms. The van der Waals surface area contributed by atoms with E-state index < -0.39 is 0 Å². The van der Waals surface area contributed by atoms with E-state index in [1.54, 1.807) is 7.11 Å². The molecule has 1 heterocycles. The first-order valence-electron chi connectivity index (χ1n) is 5.29. The lowest BCUT2D eigenvalue weighted by Crippen LogP contribution is -2.39. The van der Waals surface area contributed by atoms with Crippen LogP contribution in [-0.4, -0.2) is 19.8 Å². The fraction of sp³-hybridized carbons (Fsp3) is 0.417. The van der Waals surface area contributed by atoms with Crippen molar-refractivity contribution >= 4 is 6.09 Å². The van der Waals surface area contributed by atoms with Gasteiger partial charge in [0.15, 0.2) is 0 Å². The van der Waals surface area contributed by atoms with Crippen LogP contribution < -0.4 is 10.1 Å². The van der Waals surface area contributed by atoms with Gasteiger partial charge in [-0.05, 0) is 24.1 Å². The first kappa shape index (κ1) is 10.8. The fourth-order valence-corrected chi connectivity index (χ4v) is 1.92. The highest BCUT2D eigenvalue weighted by molar-refractivity contribution is 5.71. The van der Waals surface area contributed by atoms with Crippen LogP contribution in [0, 0.1) is 0 Å². The maximum atomic E-state index is 11.2.